The Labute approximate surface area is 119 Å². The summed E-state index contributed by atoms with van der Waals surface area (Å²) in [6.45, 7) is 2.41. The molecule has 9 heteroatoms. The molecule has 3 nitrogen and oxygen atoms in total. The van der Waals surface area contributed by atoms with Gasteiger partial charge in [-0.2, -0.15) is 0 Å². The molecule has 1 aliphatic rings. The highest BCUT2D eigenvalue weighted by molar-refractivity contribution is 7.98. The Morgan fingerprint density at radius 2 is 1.65 bits per heavy atom. The van der Waals surface area contributed by atoms with Gasteiger partial charge in [0.1, 0.15) is 5.52 Å². The number of morpholine rings is 1. The fourth-order valence-corrected chi connectivity index (χ4v) is 3.90. The third-order valence-electron chi connectivity index (χ3n) is 2.77. The molecular formula is C11H8F4N2OS2. The lowest BCUT2D eigenvalue weighted by atomic mass is 10.3. The zero-order chi connectivity index (χ0) is 14.3. The van der Waals surface area contributed by atoms with Crippen LogP contribution in [0.5, 0.6) is 0 Å². The van der Waals surface area contributed by atoms with Crippen LogP contribution in [0, 0.1) is 23.3 Å². The first-order valence-electron chi connectivity index (χ1n) is 5.71. The molecule has 2 aromatic rings. The number of hydrogen-bond donors (Lipinski definition) is 0. The molecule has 0 atom stereocenters. The van der Waals surface area contributed by atoms with Gasteiger partial charge in [0.25, 0.3) is 0 Å². The standard InChI is InChI=1S/C11H8F4N2OS2/c12-5-6(13)8(15)10-9(7(5)14)16-11(19-10)20-17-1-3-18-4-2-17/h1-4H2. The van der Waals surface area contributed by atoms with E-state index in [1.165, 1.54) is 11.9 Å². The third-order valence-corrected chi connectivity index (χ3v) is 4.96. The molecule has 0 radical (unpaired) electrons. The average Bonchev–Trinajstić information content (AvgIpc) is 2.88. The molecule has 0 saturated carbocycles. The van der Waals surface area contributed by atoms with Gasteiger partial charge in [0.05, 0.1) is 17.9 Å². The van der Waals surface area contributed by atoms with Gasteiger partial charge in [-0.1, -0.05) is 0 Å². The van der Waals surface area contributed by atoms with Crippen LogP contribution in [0.25, 0.3) is 10.2 Å². The summed E-state index contributed by atoms with van der Waals surface area (Å²) < 4.78 is 60.5. The minimum absolute atomic E-state index is 0.308. The van der Waals surface area contributed by atoms with Crippen LogP contribution in [0.1, 0.15) is 0 Å². The SMILES string of the molecule is Fc1c(F)c(F)c2sc(SN3CCOCC3)nc2c1F. The number of rotatable bonds is 2. The molecule has 0 bridgehead atoms. The van der Waals surface area contributed by atoms with E-state index in [4.69, 9.17) is 4.74 Å². The second kappa shape index (κ2) is 5.47. The summed E-state index contributed by atoms with van der Waals surface area (Å²) >= 11 is 2.00. The third kappa shape index (κ3) is 2.39. The molecule has 3 rings (SSSR count). The van der Waals surface area contributed by atoms with Crippen molar-refractivity contribution in [3.63, 3.8) is 0 Å². The molecule has 0 N–H and O–H groups in total. The molecule has 0 unspecified atom stereocenters. The van der Waals surface area contributed by atoms with Crippen molar-refractivity contribution < 1.29 is 22.3 Å². The van der Waals surface area contributed by atoms with Crippen molar-refractivity contribution in [2.24, 2.45) is 0 Å². The van der Waals surface area contributed by atoms with Gasteiger partial charge in [-0.3, -0.25) is 0 Å². The van der Waals surface area contributed by atoms with Crippen molar-refractivity contribution in [3.05, 3.63) is 23.3 Å². The van der Waals surface area contributed by atoms with E-state index in [2.05, 4.69) is 4.98 Å². The summed E-state index contributed by atoms with van der Waals surface area (Å²) in [4.78, 5) is 3.85. The van der Waals surface area contributed by atoms with Crippen LogP contribution >= 0.6 is 23.3 Å². The molecule has 0 spiro atoms. The largest absolute Gasteiger partial charge is 0.379 e. The van der Waals surface area contributed by atoms with Gasteiger partial charge in [-0.05, 0) is 11.9 Å². The van der Waals surface area contributed by atoms with Gasteiger partial charge in [-0.25, -0.2) is 26.9 Å². The fourth-order valence-electron chi connectivity index (χ4n) is 1.78. The molecule has 1 aromatic heterocycles. The molecular weight excluding hydrogens is 316 g/mol. The van der Waals surface area contributed by atoms with Crippen molar-refractivity contribution in [2.75, 3.05) is 26.3 Å². The van der Waals surface area contributed by atoms with Crippen LogP contribution in [-0.2, 0) is 4.74 Å². The average molecular weight is 324 g/mol. The first-order chi connectivity index (χ1) is 9.58. The Morgan fingerprint density at radius 3 is 2.35 bits per heavy atom. The van der Waals surface area contributed by atoms with Crippen molar-refractivity contribution in [2.45, 2.75) is 4.34 Å². The highest BCUT2D eigenvalue weighted by Gasteiger charge is 2.24. The summed E-state index contributed by atoms with van der Waals surface area (Å²) in [6.07, 6.45) is 0. The predicted octanol–water partition coefficient (Wildman–Crippen LogP) is 3.19. The Hall–Kier alpha value is -0.900. The number of ether oxygens (including phenoxy) is 1. The van der Waals surface area contributed by atoms with E-state index in [0.717, 1.165) is 11.3 Å². The summed E-state index contributed by atoms with van der Waals surface area (Å²) in [5.41, 5.74) is -0.470. The first kappa shape index (κ1) is 14.1. The Balaban J connectivity index is 1.98. The van der Waals surface area contributed by atoms with Gasteiger partial charge in [0, 0.05) is 13.1 Å². The van der Waals surface area contributed by atoms with E-state index in [1.54, 1.807) is 0 Å². The first-order valence-corrected chi connectivity index (χ1v) is 7.30. The molecule has 1 saturated heterocycles. The Morgan fingerprint density at radius 1 is 1.00 bits per heavy atom. The van der Waals surface area contributed by atoms with E-state index >= 15 is 0 Å². The normalized spacial score (nSPS) is 17.0. The molecule has 1 aliphatic heterocycles. The number of fused-ring (bicyclic) bond motifs is 1. The second-order valence-corrected chi connectivity index (χ2v) is 6.39. The van der Waals surface area contributed by atoms with Crippen LogP contribution in [0.4, 0.5) is 17.6 Å². The molecule has 108 valence electrons. The summed E-state index contributed by atoms with van der Waals surface area (Å²) in [5, 5.41) is 0. The summed E-state index contributed by atoms with van der Waals surface area (Å²) in [5.74, 6) is -6.49. The molecule has 0 amide bonds. The van der Waals surface area contributed by atoms with Crippen molar-refractivity contribution in [1.82, 2.24) is 9.29 Å². The van der Waals surface area contributed by atoms with E-state index < -0.39 is 28.8 Å². The molecule has 1 fully saturated rings. The molecule has 0 aliphatic carbocycles. The zero-order valence-electron chi connectivity index (χ0n) is 9.96. The van der Waals surface area contributed by atoms with Crippen molar-refractivity contribution >= 4 is 33.5 Å². The lowest BCUT2D eigenvalue weighted by Gasteiger charge is -2.23. The molecule has 1 aromatic carbocycles. The maximum Gasteiger partial charge on any atom is 0.199 e. The van der Waals surface area contributed by atoms with Gasteiger partial charge < -0.3 is 4.74 Å². The quantitative estimate of drug-likeness (QED) is 0.367. The Kier molecular flexibility index (Phi) is 3.85. The minimum atomic E-state index is -1.83. The number of aromatic nitrogens is 1. The summed E-state index contributed by atoms with van der Waals surface area (Å²) in [6, 6.07) is 0. The smallest absolute Gasteiger partial charge is 0.199 e. The summed E-state index contributed by atoms with van der Waals surface area (Å²) in [7, 11) is 0. The number of benzene rings is 1. The lowest BCUT2D eigenvalue weighted by Crippen LogP contribution is -2.30. The van der Waals surface area contributed by atoms with Crippen LogP contribution in [0.2, 0.25) is 0 Å². The van der Waals surface area contributed by atoms with E-state index in [1.807, 2.05) is 4.31 Å². The number of halogens is 4. The van der Waals surface area contributed by atoms with Crippen LogP contribution in [0.3, 0.4) is 0 Å². The molecule has 2 heterocycles. The van der Waals surface area contributed by atoms with Crippen molar-refractivity contribution in [1.29, 1.82) is 0 Å². The van der Waals surface area contributed by atoms with E-state index in [0.29, 0.717) is 30.6 Å². The van der Waals surface area contributed by atoms with E-state index in [9.17, 15) is 17.6 Å². The van der Waals surface area contributed by atoms with Crippen LogP contribution in [-0.4, -0.2) is 35.6 Å². The van der Waals surface area contributed by atoms with Gasteiger partial charge in [0.2, 0.25) is 0 Å². The van der Waals surface area contributed by atoms with Gasteiger partial charge in [-0.15, -0.1) is 11.3 Å². The monoisotopic (exact) mass is 324 g/mol. The second-order valence-electron chi connectivity index (χ2n) is 4.05. The number of nitrogens with zero attached hydrogens (tertiary/aromatic N) is 2. The molecule has 20 heavy (non-hydrogen) atoms. The zero-order valence-corrected chi connectivity index (χ0v) is 11.6. The van der Waals surface area contributed by atoms with Gasteiger partial charge >= 0.3 is 0 Å². The van der Waals surface area contributed by atoms with E-state index in [-0.39, 0.29) is 4.70 Å². The predicted molar refractivity (Wildman–Crippen MR) is 67.7 cm³/mol. The van der Waals surface area contributed by atoms with Crippen molar-refractivity contribution in [3.8, 4) is 0 Å². The maximum absolute atomic E-state index is 13.6. The van der Waals surface area contributed by atoms with Crippen LogP contribution < -0.4 is 0 Å². The fraction of sp³-hybridized carbons (Fsp3) is 0.364. The topological polar surface area (TPSA) is 25.4 Å². The highest BCUT2D eigenvalue weighted by atomic mass is 32.2. The highest BCUT2D eigenvalue weighted by Crippen LogP contribution is 2.36. The van der Waals surface area contributed by atoms with Crippen LogP contribution in [0.15, 0.2) is 4.34 Å². The number of hydrogen-bond acceptors (Lipinski definition) is 5. The maximum atomic E-state index is 13.6. The lowest BCUT2D eigenvalue weighted by molar-refractivity contribution is 0.0773. The minimum Gasteiger partial charge on any atom is -0.379 e. The Bertz CT molecular complexity index is 613. The van der Waals surface area contributed by atoms with Gasteiger partial charge in [0.15, 0.2) is 27.6 Å². The number of thiazole rings is 1.